The predicted octanol–water partition coefficient (Wildman–Crippen LogP) is 2.49. The zero-order valence-corrected chi connectivity index (χ0v) is 16.4. The molecule has 4 amide bonds. The molecule has 2 saturated heterocycles. The molecule has 1 N–H and O–H groups in total. The number of carbonyl (C=O) groups is 3. The fourth-order valence-electron chi connectivity index (χ4n) is 4.30. The number of amides is 4. The van der Waals surface area contributed by atoms with Gasteiger partial charge in [0.2, 0.25) is 5.91 Å². The lowest BCUT2D eigenvalue weighted by Crippen LogP contribution is -2.50. The summed E-state index contributed by atoms with van der Waals surface area (Å²) in [6.45, 7) is 1.01. The number of nitrogens with one attached hydrogen (secondary N) is 1. The van der Waals surface area contributed by atoms with Gasteiger partial charge in [-0.25, -0.2) is 4.79 Å². The van der Waals surface area contributed by atoms with Crippen LogP contribution < -0.4 is 5.32 Å². The average Bonchev–Trinajstić information content (AvgIpc) is 2.93. The molecule has 0 bridgehead atoms. The summed E-state index contributed by atoms with van der Waals surface area (Å²) in [4.78, 5) is 40.8. The number of morpholine rings is 1. The van der Waals surface area contributed by atoms with Crippen molar-refractivity contribution in [1.82, 2.24) is 15.1 Å². The molecule has 1 atom stereocenters. The molecule has 1 spiro atoms. The van der Waals surface area contributed by atoms with Crippen LogP contribution in [0, 0.1) is 0 Å². The van der Waals surface area contributed by atoms with E-state index in [1.54, 1.807) is 17.0 Å². The molecule has 3 aliphatic rings. The molecule has 1 unspecified atom stereocenters. The van der Waals surface area contributed by atoms with Crippen LogP contribution in [0.15, 0.2) is 24.3 Å². The van der Waals surface area contributed by atoms with E-state index in [2.05, 4.69) is 5.32 Å². The van der Waals surface area contributed by atoms with E-state index in [0.29, 0.717) is 37.6 Å². The van der Waals surface area contributed by atoms with Crippen LogP contribution in [0.3, 0.4) is 0 Å². The zero-order valence-electron chi connectivity index (χ0n) is 15.7. The molecule has 2 aliphatic heterocycles. The largest absolute Gasteiger partial charge is 0.370 e. The number of halogens is 1. The second kappa shape index (κ2) is 7.72. The summed E-state index contributed by atoms with van der Waals surface area (Å²) in [5, 5.41) is 3.49. The first kappa shape index (κ1) is 19.2. The van der Waals surface area contributed by atoms with Crippen molar-refractivity contribution in [2.45, 2.75) is 43.7 Å². The Morgan fingerprint density at radius 3 is 2.61 bits per heavy atom. The first-order valence-electron chi connectivity index (χ1n) is 9.77. The van der Waals surface area contributed by atoms with Gasteiger partial charge in [-0.2, -0.15) is 0 Å². The Balaban J connectivity index is 1.41. The van der Waals surface area contributed by atoms with Crippen molar-refractivity contribution in [3.63, 3.8) is 0 Å². The molecule has 0 radical (unpaired) electrons. The molecule has 2 heterocycles. The quantitative estimate of drug-likeness (QED) is 0.783. The summed E-state index contributed by atoms with van der Waals surface area (Å²) in [5.41, 5.74) is 0.143. The Hall–Kier alpha value is -2.12. The van der Waals surface area contributed by atoms with Gasteiger partial charge in [-0.05, 0) is 30.5 Å². The van der Waals surface area contributed by atoms with Crippen LogP contribution >= 0.6 is 11.6 Å². The maximum atomic E-state index is 12.9. The fourth-order valence-corrected chi connectivity index (χ4v) is 4.43. The molecular formula is C20H24ClN3O4. The van der Waals surface area contributed by atoms with Crippen molar-refractivity contribution in [3.05, 3.63) is 34.9 Å². The molecule has 150 valence electrons. The minimum absolute atomic E-state index is 0.222. The number of nitrogens with zero attached hydrogens (tertiary/aromatic N) is 2. The van der Waals surface area contributed by atoms with E-state index in [0.717, 1.165) is 29.7 Å². The van der Waals surface area contributed by atoms with Crippen LogP contribution in [0.2, 0.25) is 5.02 Å². The van der Waals surface area contributed by atoms with Crippen molar-refractivity contribution < 1.29 is 19.1 Å². The summed E-state index contributed by atoms with van der Waals surface area (Å²) >= 11 is 5.93. The third kappa shape index (κ3) is 3.61. The Bertz CT molecular complexity index is 776. The highest BCUT2D eigenvalue weighted by Crippen LogP contribution is 2.33. The molecule has 4 rings (SSSR count). The van der Waals surface area contributed by atoms with Gasteiger partial charge in [0.15, 0.2) is 0 Å². The Morgan fingerprint density at radius 2 is 1.89 bits per heavy atom. The van der Waals surface area contributed by atoms with Crippen molar-refractivity contribution in [3.8, 4) is 0 Å². The number of urea groups is 1. The van der Waals surface area contributed by atoms with Crippen molar-refractivity contribution in [2.75, 3.05) is 26.2 Å². The fraction of sp³-hybridized carbons (Fsp3) is 0.550. The van der Waals surface area contributed by atoms with Gasteiger partial charge in [0.05, 0.1) is 13.2 Å². The van der Waals surface area contributed by atoms with Gasteiger partial charge in [0, 0.05) is 11.6 Å². The van der Waals surface area contributed by atoms with Crippen molar-refractivity contribution >= 4 is 29.4 Å². The highest BCUT2D eigenvalue weighted by atomic mass is 35.5. The van der Waals surface area contributed by atoms with Crippen LogP contribution in [0.25, 0.3) is 0 Å². The molecule has 0 aromatic heterocycles. The zero-order chi connectivity index (χ0) is 19.7. The van der Waals surface area contributed by atoms with Crippen molar-refractivity contribution in [2.24, 2.45) is 0 Å². The Morgan fingerprint density at radius 1 is 1.18 bits per heavy atom. The molecule has 8 heteroatoms. The molecular weight excluding hydrogens is 382 g/mol. The van der Waals surface area contributed by atoms with Gasteiger partial charge in [-0.1, -0.05) is 43.0 Å². The molecule has 1 aromatic carbocycles. The van der Waals surface area contributed by atoms with Crippen LogP contribution in [-0.4, -0.2) is 59.4 Å². The van der Waals surface area contributed by atoms with Gasteiger partial charge in [-0.15, -0.1) is 0 Å². The number of rotatable bonds is 3. The number of benzene rings is 1. The third-order valence-electron chi connectivity index (χ3n) is 5.91. The van der Waals surface area contributed by atoms with Gasteiger partial charge >= 0.3 is 6.03 Å². The monoisotopic (exact) mass is 405 g/mol. The van der Waals surface area contributed by atoms with Crippen LogP contribution in [-0.2, 0) is 14.3 Å². The van der Waals surface area contributed by atoms with Gasteiger partial charge in [0.25, 0.3) is 5.91 Å². The molecule has 1 aromatic rings. The number of hydrogen-bond donors (Lipinski definition) is 1. The van der Waals surface area contributed by atoms with E-state index in [1.807, 2.05) is 12.1 Å². The lowest BCUT2D eigenvalue weighted by Gasteiger charge is -2.34. The summed E-state index contributed by atoms with van der Waals surface area (Å²) in [6.07, 6.45) is 3.96. The highest BCUT2D eigenvalue weighted by Gasteiger charge is 2.51. The number of ether oxygens (including phenoxy) is 1. The minimum atomic E-state index is -0.799. The Kier molecular flexibility index (Phi) is 5.29. The van der Waals surface area contributed by atoms with Gasteiger partial charge < -0.3 is 15.0 Å². The molecule has 1 saturated carbocycles. The summed E-state index contributed by atoms with van der Waals surface area (Å²) < 4.78 is 5.79. The number of carbonyl (C=O) groups excluding carboxylic acids is 3. The standard InChI is InChI=1S/C20H24ClN3O4/c21-15-6-4-14(5-7-15)16-12-23(10-11-28-16)17(25)13-24-18(26)20(22-19(24)27)8-2-1-3-9-20/h4-7,16H,1-3,8-13H2,(H,22,27). The second-order valence-electron chi connectivity index (χ2n) is 7.71. The minimum Gasteiger partial charge on any atom is -0.370 e. The summed E-state index contributed by atoms with van der Waals surface area (Å²) in [6, 6.07) is 6.88. The lowest BCUT2D eigenvalue weighted by molar-refractivity contribution is -0.144. The summed E-state index contributed by atoms with van der Waals surface area (Å²) in [7, 11) is 0. The van der Waals surface area contributed by atoms with Crippen LogP contribution in [0.4, 0.5) is 4.79 Å². The maximum Gasteiger partial charge on any atom is 0.325 e. The average molecular weight is 406 g/mol. The maximum absolute atomic E-state index is 12.9. The third-order valence-corrected chi connectivity index (χ3v) is 6.16. The van der Waals surface area contributed by atoms with E-state index >= 15 is 0 Å². The topological polar surface area (TPSA) is 79.0 Å². The van der Waals surface area contributed by atoms with E-state index in [-0.39, 0.29) is 24.5 Å². The SMILES string of the molecule is O=C(CN1C(=O)NC2(CCCCC2)C1=O)N1CCOC(c2ccc(Cl)cc2)C1. The van der Waals surface area contributed by atoms with Crippen LogP contribution in [0.1, 0.15) is 43.8 Å². The van der Waals surface area contributed by atoms with E-state index in [1.165, 1.54) is 0 Å². The lowest BCUT2D eigenvalue weighted by atomic mass is 9.82. The molecule has 3 fully saturated rings. The number of imide groups is 1. The van der Waals surface area contributed by atoms with E-state index in [9.17, 15) is 14.4 Å². The van der Waals surface area contributed by atoms with Crippen molar-refractivity contribution in [1.29, 1.82) is 0 Å². The van der Waals surface area contributed by atoms with Gasteiger partial charge in [0.1, 0.15) is 18.2 Å². The second-order valence-corrected chi connectivity index (χ2v) is 8.15. The molecule has 28 heavy (non-hydrogen) atoms. The molecule has 1 aliphatic carbocycles. The smallest absolute Gasteiger partial charge is 0.325 e. The van der Waals surface area contributed by atoms with Crippen LogP contribution in [0.5, 0.6) is 0 Å². The van der Waals surface area contributed by atoms with E-state index < -0.39 is 11.6 Å². The molecule has 7 nitrogen and oxygen atoms in total. The first-order valence-corrected chi connectivity index (χ1v) is 10.2. The number of hydrogen-bond acceptors (Lipinski definition) is 4. The summed E-state index contributed by atoms with van der Waals surface area (Å²) in [5.74, 6) is -0.494. The van der Waals surface area contributed by atoms with Gasteiger partial charge in [-0.3, -0.25) is 14.5 Å². The predicted molar refractivity (Wildman–Crippen MR) is 103 cm³/mol. The highest BCUT2D eigenvalue weighted by molar-refractivity contribution is 6.30. The van der Waals surface area contributed by atoms with E-state index in [4.69, 9.17) is 16.3 Å². The first-order chi connectivity index (χ1) is 13.5. The normalized spacial score (nSPS) is 24.5. The Labute approximate surface area is 168 Å².